The lowest BCUT2D eigenvalue weighted by atomic mass is 9.95. The molecule has 0 fully saturated rings. The predicted molar refractivity (Wildman–Crippen MR) is 70.4 cm³/mol. The highest BCUT2D eigenvalue weighted by Crippen LogP contribution is 2.41. The lowest BCUT2D eigenvalue weighted by molar-refractivity contribution is 0.164. The molecule has 18 heavy (non-hydrogen) atoms. The van der Waals surface area contributed by atoms with Crippen molar-refractivity contribution in [3.63, 3.8) is 0 Å². The Morgan fingerprint density at radius 3 is 2.94 bits per heavy atom. The van der Waals surface area contributed by atoms with Crippen molar-refractivity contribution in [2.75, 3.05) is 0 Å². The standard InChI is InChI=1S/C14H14FNOS/c1-8-4-5-18-14(8)13-7-11(16)10-6-9(15)2-3-12(10)17-13/h2-6,11,13H,7,16H2,1H3. The van der Waals surface area contributed by atoms with Crippen LogP contribution in [-0.4, -0.2) is 0 Å². The molecule has 2 atom stereocenters. The van der Waals surface area contributed by atoms with Gasteiger partial charge in [0, 0.05) is 22.9 Å². The monoisotopic (exact) mass is 263 g/mol. The van der Waals surface area contributed by atoms with Gasteiger partial charge in [0.25, 0.3) is 0 Å². The summed E-state index contributed by atoms with van der Waals surface area (Å²) >= 11 is 1.68. The smallest absolute Gasteiger partial charge is 0.135 e. The fourth-order valence-electron chi connectivity index (χ4n) is 2.35. The number of ether oxygens (including phenoxy) is 1. The van der Waals surface area contributed by atoms with Crippen LogP contribution in [0.1, 0.15) is 34.6 Å². The molecular formula is C14H14FNOS. The topological polar surface area (TPSA) is 35.2 Å². The zero-order valence-electron chi connectivity index (χ0n) is 10.0. The molecule has 4 heteroatoms. The molecule has 1 aromatic carbocycles. The SMILES string of the molecule is Cc1ccsc1C1CC(N)c2cc(F)ccc2O1. The van der Waals surface area contributed by atoms with Gasteiger partial charge < -0.3 is 10.5 Å². The first-order valence-corrected chi connectivity index (χ1v) is 6.79. The van der Waals surface area contributed by atoms with E-state index in [2.05, 4.69) is 18.4 Å². The van der Waals surface area contributed by atoms with Gasteiger partial charge in [0.1, 0.15) is 17.7 Å². The summed E-state index contributed by atoms with van der Waals surface area (Å²) in [6.45, 7) is 2.07. The van der Waals surface area contributed by atoms with Crippen molar-refractivity contribution in [1.82, 2.24) is 0 Å². The van der Waals surface area contributed by atoms with Gasteiger partial charge in [-0.25, -0.2) is 4.39 Å². The van der Waals surface area contributed by atoms with Gasteiger partial charge >= 0.3 is 0 Å². The summed E-state index contributed by atoms with van der Waals surface area (Å²) in [5.41, 5.74) is 8.11. The van der Waals surface area contributed by atoms with Gasteiger partial charge in [-0.2, -0.15) is 0 Å². The maximum atomic E-state index is 13.2. The van der Waals surface area contributed by atoms with Crippen LogP contribution in [0.2, 0.25) is 0 Å². The fraction of sp³-hybridized carbons (Fsp3) is 0.286. The van der Waals surface area contributed by atoms with Crippen LogP contribution in [0.5, 0.6) is 5.75 Å². The largest absolute Gasteiger partial charge is 0.484 e. The molecule has 2 N–H and O–H groups in total. The van der Waals surface area contributed by atoms with E-state index < -0.39 is 0 Å². The minimum atomic E-state index is -0.265. The molecule has 1 aromatic heterocycles. The van der Waals surface area contributed by atoms with Crippen LogP contribution in [-0.2, 0) is 0 Å². The van der Waals surface area contributed by atoms with E-state index in [9.17, 15) is 4.39 Å². The molecule has 1 aliphatic rings. The molecule has 94 valence electrons. The van der Waals surface area contributed by atoms with E-state index in [-0.39, 0.29) is 18.0 Å². The van der Waals surface area contributed by atoms with Crippen molar-refractivity contribution in [2.24, 2.45) is 5.73 Å². The second-order valence-corrected chi connectivity index (χ2v) is 5.55. The number of benzene rings is 1. The Hall–Kier alpha value is -1.39. The van der Waals surface area contributed by atoms with Crippen molar-refractivity contribution < 1.29 is 9.13 Å². The van der Waals surface area contributed by atoms with Crippen molar-refractivity contribution in [1.29, 1.82) is 0 Å². The van der Waals surface area contributed by atoms with Crippen LogP contribution in [0.4, 0.5) is 4.39 Å². The molecule has 0 spiro atoms. The van der Waals surface area contributed by atoms with Crippen molar-refractivity contribution in [2.45, 2.75) is 25.5 Å². The van der Waals surface area contributed by atoms with E-state index >= 15 is 0 Å². The highest BCUT2D eigenvalue weighted by atomic mass is 32.1. The quantitative estimate of drug-likeness (QED) is 0.851. The van der Waals surface area contributed by atoms with Crippen LogP contribution in [0.3, 0.4) is 0 Å². The van der Waals surface area contributed by atoms with Gasteiger partial charge in [-0.05, 0) is 42.1 Å². The molecule has 0 amide bonds. The third kappa shape index (κ3) is 1.91. The predicted octanol–water partition coefficient (Wildman–Crippen LogP) is 3.72. The molecule has 0 bridgehead atoms. The Balaban J connectivity index is 1.97. The molecule has 0 saturated heterocycles. The first kappa shape index (κ1) is 11.7. The van der Waals surface area contributed by atoms with Crippen LogP contribution >= 0.6 is 11.3 Å². The summed E-state index contributed by atoms with van der Waals surface area (Å²) in [5, 5.41) is 2.06. The van der Waals surface area contributed by atoms with Crippen LogP contribution in [0, 0.1) is 12.7 Å². The summed E-state index contributed by atoms with van der Waals surface area (Å²) in [6.07, 6.45) is 0.676. The number of hydrogen-bond donors (Lipinski definition) is 1. The average molecular weight is 263 g/mol. The summed E-state index contributed by atoms with van der Waals surface area (Å²) in [5.74, 6) is 0.437. The van der Waals surface area contributed by atoms with Gasteiger partial charge in [-0.1, -0.05) is 0 Å². The Morgan fingerprint density at radius 1 is 1.39 bits per heavy atom. The van der Waals surface area contributed by atoms with Crippen molar-refractivity contribution in [3.05, 3.63) is 51.5 Å². The molecule has 2 nitrogen and oxygen atoms in total. The van der Waals surface area contributed by atoms with E-state index in [1.54, 1.807) is 17.4 Å². The molecule has 0 radical (unpaired) electrons. The van der Waals surface area contributed by atoms with Crippen LogP contribution in [0.25, 0.3) is 0 Å². The Morgan fingerprint density at radius 2 is 2.22 bits per heavy atom. The number of aryl methyl sites for hydroxylation is 1. The Labute approximate surface area is 109 Å². The summed E-state index contributed by atoms with van der Waals surface area (Å²) in [7, 11) is 0. The van der Waals surface area contributed by atoms with E-state index in [4.69, 9.17) is 10.5 Å². The molecule has 0 aliphatic carbocycles. The summed E-state index contributed by atoms with van der Waals surface area (Å²) in [6, 6.07) is 6.46. The summed E-state index contributed by atoms with van der Waals surface area (Å²) in [4.78, 5) is 1.21. The zero-order valence-corrected chi connectivity index (χ0v) is 10.8. The molecule has 0 saturated carbocycles. The van der Waals surface area contributed by atoms with E-state index in [0.29, 0.717) is 12.2 Å². The van der Waals surface area contributed by atoms with Gasteiger partial charge in [0.05, 0.1) is 0 Å². The molecule has 2 heterocycles. The first-order valence-electron chi connectivity index (χ1n) is 5.91. The lowest BCUT2D eigenvalue weighted by Gasteiger charge is -2.30. The highest BCUT2D eigenvalue weighted by Gasteiger charge is 2.28. The number of halogens is 1. The Kier molecular flexibility index (Phi) is 2.84. The maximum Gasteiger partial charge on any atom is 0.135 e. The highest BCUT2D eigenvalue weighted by molar-refractivity contribution is 7.10. The van der Waals surface area contributed by atoms with Crippen molar-refractivity contribution >= 4 is 11.3 Å². The molecule has 2 aromatic rings. The van der Waals surface area contributed by atoms with E-state index in [1.165, 1.54) is 22.6 Å². The third-order valence-electron chi connectivity index (χ3n) is 3.30. The third-order valence-corrected chi connectivity index (χ3v) is 4.41. The van der Waals surface area contributed by atoms with Crippen molar-refractivity contribution in [3.8, 4) is 5.75 Å². The molecular weight excluding hydrogens is 249 g/mol. The average Bonchev–Trinajstić information content (AvgIpc) is 2.76. The zero-order chi connectivity index (χ0) is 12.7. The maximum absolute atomic E-state index is 13.2. The number of fused-ring (bicyclic) bond motifs is 1. The van der Waals surface area contributed by atoms with Gasteiger partial charge in [0.2, 0.25) is 0 Å². The minimum absolute atomic E-state index is 0.0158. The second kappa shape index (κ2) is 4.37. The van der Waals surface area contributed by atoms with Gasteiger partial charge in [-0.15, -0.1) is 11.3 Å². The van der Waals surface area contributed by atoms with Crippen LogP contribution in [0.15, 0.2) is 29.6 Å². The van der Waals surface area contributed by atoms with E-state index in [0.717, 1.165) is 5.56 Å². The molecule has 1 aliphatic heterocycles. The summed E-state index contributed by atoms with van der Waals surface area (Å²) < 4.78 is 19.1. The number of nitrogens with two attached hydrogens (primary N) is 1. The lowest BCUT2D eigenvalue weighted by Crippen LogP contribution is -2.24. The van der Waals surface area contributed by atoms with E-state index in [1.807, 2.05) is 0 Å². The van der Waals surface area contributed by atoms with Gasteiger partial charge in [-0.3, -0.25) is 0 Å². The Bertz CT molecular complexity index is 581. The number of hydrogen-bond acceptors (Lipinski definition) is 3. The van der Waals surface area contributed by atoms with Crippen LogP contribution < -0.4 is 10.5 Å². The number of rotatable bonds is 1. The molecule has 2 unspecified atom stereocenters. The number of thiophene rings is 1. The normalized spacial score (nSPS) is 22.4. The van der Waals surface area contributed by atoms with Gasteiger partial charge in [0.15, 0.2) is 0 Å². The molecule has 3 rings (SSSR count). The first-order chi connectivity index (χ1) is 8.65. The fourth-order valence-corrected chi connectivity index (χ4v) is 3.32. The minimum Gasteiger partial charge on any atom is -0.484 e. The second-order valence-electron chi connectivity index (χ2n) is 4.60.